The van der Waals surface area contributed by atoms with Crippen LogP contribution in [0.4, 0.5) is 0 Å². The van der Waals surface area contributed by atoms with E-state index in [0.29, 0.717) is 25.7 Å². The molecule has 0 radical (unpaired) electrons. The molecule has 0 N–H and O–H groups in total. The lowest BCUT2D eigenvalue weighted by Crippen LogP contribution is -2.44. The summed E-state index contributed by atoms with van der Waals surface area (Å²) in [4.78, 5) is 49.6. The van der Waals surface area contributed by atoms with Gasteiger partial charge in [-0.05, 0) is 25.7 Å². The Kier molecular flexibility index (Phi) is 19.8. The highest BCUT2D eigenvalue weighted by Crippen LogP contribution is 2.24. The van der Waals surface area contributed by atoms with Crippen molar-refractivity contribution in [2.75, 3.05) is 26.4 Å². The minimum atomic E-state index is -1.30. The monoisotopic (exact) mass is 600 g/mol. The SMILES string of the molecule is CCC(S)CC(=O)OCC(COC(=O)CC(S)CC)(COC(=O)CC(S)CC)COC(=O)CC(S)CC. The molecule has 216 valence electrons. The molecule has 0 spiro atoms. The first-order chi connectivity index (χ1) is 17.4. The predicted molar refractivity (Wildman–Crippen MR) is 157 cm³/mol. The second-order valence-corrected chi connectivity index (χ2v) is 12.1. The van der Waals surface area contributed by atoms with E-state index in [2.05, 4.69) is 50.5 Å². The highest BCUT2D eigenvalue weighted by Gasteiger charge is 2.38. The smallest absolute Gasteiger partial charge is 0.306 e. The average molecular weight is 601 g/mol. The third-order valence-electron chi connectivity index (χ3n) is 5.65. The molecule has 4 unspecified atom stereocenters. The number of thiol groups is 4. The Morgan fingerprint density at radius 3 is 0.838 bits per heavy atom. The fraction of sp³-hybridized carbons (Fsp3) is 0.840. The molecule has 37 heavy (non-hydrogen) atoms. The van der Waals surface area contributed by atoms with Crippen molar-refractivity contribution in [2.45, 2.75) is 100 Å². The highest BCUT2D eigenvalue weighted by molar-refractivity contribution is 7.81. The number of ether oxygens (including phenoxy) is 4. The first-order valence-electron chi connectivity index (χ1n) is 12.7. The van der Waals surface area contributed by atoms with E-state index < -0.39 is 29.3 Å². The normalized spacial score (nSPS) is 16.0. The van der Waals surface area contributed by atoms with Crippen LogP contribution in [-0.4, -0.2) is 71.3 Å². The van der Waals surface area contributed by atoms with Gasteiger partial charge in [-0.15, -0.1) is 0 Å². The van der Waals surface area contributed by atoms with Crippen molar-refractivity contribution in [3.05, 3.63) is 0 Å². The molecule has 0 bridgehead atoms. The predicted octanol–water partition coefficient (Wildman–Crippen LogP) is 4.54. The van der Waals surface area contributed by atoms with Crippen LogP contribution in [0.3, 0.4) is 0 Å². The molecule has 0 saturated heterocycles. The van der Waals surface area contributed by atoms with Crippen molar-refractivity contribution >= 4 is 74.4 Å². The molecule has 0 amide bonds. The molecule has 0 aliphatic heterocycles. The van der Waals surface area contributed by atoms with E-state index in [0.717, 1.165) is 0 Å². The molecule has 0 aliphatic rings. The van der Waals surface area contributed by atoms with E-state index in [-0.39, 0.29) is 73.1 Å². The molecule has 0 aromatic carbocycles. The van der Waals surface area contributed by atoms with Gasteiger partial charge in [0, 0.05) is 21.0 Å². The van der Waals surface area contributed by atoms with Crippen molar-refractivity contribution in [1.29, 1.82) is 0 Å². The van der Waals surface area contributed by atoms with Crippen LogP contribution in [0, 0.1) is 5.41 Å². The molecule has 0 aromatic rings. The van der Waals surface area contributed by atoms with Gasteiger partial charge in [0.2, 0.25) is 0 Å². The molecule has 0 aromatic heterocycles. The summed E-state index contributed by atoms with van der Waals surface area (Å²) in [6, 6.07) is 0. The average Bonchev–Trinajstić information content (AvgIpc) is 2.87. The third-order valence-corrected chi connectivity index (χ3v) is 7.84. The van der Waals surface area contributed by atoms with E-state index in [4.69, 9.17) is 18.9 Å². The van der Waals surface area contributed by atoms with Crippen LogP contribution in [0.25, 0.3) is 0 Å². The molecular formula is C25H44O8S4. The number of esters is 4. The Morgan fingerprint density at radius 2 is 0.676 bits per heavy atom. The second kappa shape index (κ2) is 20.2. The maximum absolute atomic E-state index is 12.4. The number of hydrogen-bond donors (Lipinski definition) is 4. The van der Waals surface area contributed by atoms with Crippen LogP contribution in [0.5, 0.6) is 0 Å². The van der Waals surface area contributed by atoms with E-state index in [1.165, 1.54) is 0 Å². The Bertz CT molecular complexity index is 589. The minimum Gasteiger partial charge on any atom is -0.465 e. The molecule has 12 heteroatoms. The van der Waals surface area contributed by atoms with Crippen molar-refractivity contribution in [3.8, 4) is 0 Å². The molecule has 0 fully saturated rings. The van der Waals surface area contributed by atoms with E-state index in [9.17, 15) is 19.2 Å². The number of hydrogen-bond acceptors (Lipinski definition) is 12. The topological polar surface area (TPSA) is 105 Å². The van der Waals surface area contributed by atoms with Gasteiger partial charge in [0.05, 0.1) is 25.7 Å². The summed E-state index contributed by atoms with van der Waals surface area (Å²) in [5, 5.41) is -0.724. The van der Waals surface area contributed by atoms with Gasteiger partial charge < -0.3 is 18.9 Å². The van der Waals surface area contributed by atoms with Crippen molar-refractivity contribution in [1.82, 2.24) is 0 Å². The summed E-state index contributed by atoms with van der Waals surface area (Å²) in [5.74, 6) is -2.06. The van der Waals surface area contributed by atoms with Crippen molar-refractivity contribution in [2.24, 2.45) is 5.41 Å². The van der Waals surface area contributed by atoms with Crippen LogP contribution in [0.2, 0.25) is 0 Å². The summed E-state index contributed by atoms with van der Waals surface area (Å²) in [5.41, 5.74) is -1.30. The lowest BCUT2D eigenvalue weighted by molar-refractivity contribution is -0.170. The lowest BCUT2D eigenvalue weighted by atomic mass is 9.92. The Labute approximate surface area is 243 Å². The van der Waals surface area contributed by atoms with Crippen LogP contribution in [0.1, 0.15) is 79.1 Å². The maximum Gasteiger partial charge on any atom is 0.306 e. The molecule has 0 rings (SSSR count). The van der Waals surface area contributed by atoms with Gasteiger partial charge in [-0.1, -0.05) is 27.7 Å². The standard InChI is InChI=1S/C25H44O8S4/c1-5-17(34)9-21(26)30-13-25(14-31-22(27)10-18(35)6-2,15-32-23(28)11-19(36)7-3)16-33-24(29)12-20(37)8-4/h17-20,34-37H,5-16H2,1-4H3. The zero-order valence-corrected chi connectivity index (χ0v) is 25.9. The van der Waals surface area contributed by atoms with Gasteiger partial charge in [0.15, 0.2) is 0 Å². The molecule has 4 atom stereocenters. The molecule has 0 heterocycles. The van der Waals surface area contributed by atoms with Gasteiger partial charge in [-0.2, -0.15) is 50.5 Å². The maximum atomic E-state index is 12.4. The summed E-state index contributed by atoms with van der Waals surface area (Å²) in [6.07, 6.45) is 2.97. The Balaban J connectivity index is 5.74. The quantitative estimate of drug-likeness (QED) is 0.0918. The van der Waals surface area contributed by atoms with Gasteiger partial charge in [0.1, 0.15) is 31.8 Å². The number of carbonyl (C=O) groups excluding carboxylic acids is 4. The van der Waals surface area contributed by atoms with Crippen LogP contribution in [0.15, 0.2) is 0 Å². The van der Waals surface area contributed by atoms with Crippen LogP contribution >= 0.6 is 50.5 Å². The fourth-order valence-corrected chi connectivity index (χ4v) is 3.36. The summed E-state index contributed by atoms with van der Waals surface area (Å²) < 4.78 is 21.9. The van der Waals surface area contributed by atoms with Gasteiger partial charge >= 0.3 is 23.9 Å². The highest BCUT2D eigenvalue weighted by atomic mass is 32.1. The summed E-state index contributed by atoms with van der Waals surface area (Å²) in [7, 11) is 0. The molecular weight excluding hydrogens is 557 g/mol. The molecule has 0 aliphatic carbocycles. The van der Waals surface area contributed by atoms with E-state index in [1.807, 2.05) is 27.7 Å². The molecule has 8 nitrogen and oxygen atoms in total. The first kappa shape index (κ1) is 36.3. The fourth-order valence-electron chi connectivity index (χ4n) is 2.77. The number of rotatable bonds is 20. The van der Waals surface area contributed by atoms with Crippen molar-refractivity contribution < 1.29 is 38.1 Å². The van der Waals surface area contributed by atoms with Crippen LogP contribution in [-0.2, 0) is 38.1 Å². The van der Waals surface area contributed by atoms with E-state index in [1.54, 1.807) is 0 Å². The van der Waals surface area contributed by atoms with Gasteiger partial charge in [0.25, 0.3) is 0 Å². The Morgan fingerprint density at radius 1 is 0.486 bits per heavy atom. The lowest BCUT2D eigenvalue weighted by Gasteiger charge is -2.32. The Hall–Kier alpha value is -0.720. The second-order valence-electron chi connectivity index (χ2n) is 9.21. The van der Waals surface area contributed by atoms with E-state index >= 15 is 0 Å². The van der Waals surface area contributed by atoms with Gasteiger partial charge in [-0.3, -0.25) is 19.2 Å². The van der Waals surface area contributed by atoms with Crippen molar-refractivity contribution in [3.63, 3.8) is 0 Å². The summed E-state index contributed by atoms with van der Waals surface area (Å²) >= 11 is 17.3. The minimum absolute atomic E-state index is 0.0720. The zero-order valence-electron chi connectivity index (χ0n) is 22.3. The zero-order chi connectivity index (χ0) is 28.4. The largest absolute Gasteiger partial charge is 0.465 e. The number of carbonyl (C=O) groups is 4. The molecule has 0 saturated carbocycles. The third kappa shape index (κ3) is 17.5. The summed E-state index contributed by atoms with van der Waals surface area (Å²) in [6.45, 7) is 6.42. The van der Waals surface area contributed by atoms with Crippen LogP contribution < -0.4 is 0 Å². The first-order valence-corrected chi connectivity index (χ1v) is 14.8. The van der Waals surface area contributed by atoms with Gasteiger partial charge in [-0.25, -0.2) is 0 Å².